The van der Waals surface area contributed by atoms with Gasteiger partial charge in [0.05, 0.1) is 0 Å². The van der Waals surface area contributed by atoms with E-state index in [-0.39, 0.29) is 5.75 Å². The first-order valence-corrected chi connectivity index (χ1v) is 5.80. The molecule has 0 radical (unpaired) electrons. The molecule has 2 aromatic heterocycles. The molecular weight excluding hydrogens is 226 g/mol. The fourth-order valence-corrected chi connectivity index (χ4v) is 1.90. The zero-order chi connectivity index (χ0) is 12.5. The molecule has 0 amide bonds. The van der Waals surface area contributed by atoms with E-state index in [9.17, 15) is 5.11 Å². The highest BCUT2D eigenvalue weighted by Gasteiger charge is 2.04. The smallest absolute Gasteiger partial charge is 0.156 e. The number of pyridine rings is 1. The molecule has 4 heteroatoms. The lowest BCUT2D eigenvalue weighted by molar-refractivity contribution is 0.475. The van der Waals surface area contributed by atoms with Crippen LogP contribution in [0.2, 0.25) is 0 Å². The highest BCUT2D eigenvalue weighted by molar-refractivity contribution is 5.39. The molecule has 3 aromatic rings. The van der Waals surface area contributed by atoms with E-state index in [1.807, 2.05) is 37.4 Å². The van der Waals surface area contributed by atoms with Crippen LogP contribution >= 0.6 is 0 Å². The van der Waals surface area contributed by atoms with Crippen LogP contribution in [0.5, 0.6) is 5.75 Å². The predicted octanol–water partition coefficient (Wildman–Crippen LogP) is 2.33. The SMILES string of the molecule is Cc1ccc2nc(Cc3ccc(O)cc3)nn2c1. The number of aryl methyl sites for hydroxylation is 1. The lowest BCUT2D eigenvalue weighted by Gasteiger charge is -1.96. The van der Waals surface area contributed by atoms with Crippen molar-refractivity contribution in [2.75, 3.05) is 0 Å². The maximum Gasteiger partial charge on any atom is 0.156 e. The van der Waals surface area contributed by atoms with Crippen LogP contribution < -0.4 is 0 Å². The number of aromatic nitrogens is 3. The Kier molecular flexibility index (Phi) is 2.48. The Hall–Kier alpha value is -2.36. The number of nitrogens with zero attached hydrogens (tertiary/aromatic N) is 3. The molecule has 90 valence electrons. The molecule has 0 aliphatic rings. The van der Waals surface area contributed by atoms with Gasteiger partial charge in [-0.25, -0.2) is 9.50 Å². The summed E-state index contributed by atoms with van der Waals surface area (Å²) in [6.07, 6.45) is 2.63. The fraction of sp³-hybridized carbons (Fsp3) is 0.143. The molecule has 0 spiro atoms. The van der Waals surface area contributed by atoms with E-state index >= 15 is 0 Å². The monoisotopic (exact) mass is 239 g/mol. The molecule has 1 N–H and O–H groups in total. The van der Waals surface area contributed by atoms with Gasteiger partial charge in [0.2, 0.25) is 0 Å². The van der Waals surface area contributed by atoms with Gasteiger partial charge in [-0.2, -0.15) is 5.10 Å². The number of rotatable bonds is 2. The fourth-order valence-electron chi connectivity index (χ4n) is 1.90. The normalized spacial score (nSPS) is 10.9. The summed E-state index contributed by atoms with van der Waals surface area (Å²) in [5.41, 5.74) is 3.10. The van der Waals surface area contributed by atoms with Crippen LogP contribution in [0.3, 0.4) is 0 Å². The number of hydrogen-bond donors (Lipinski definition) is 1. The molecule has 0 bridgehead atoms. The van der Waals surface area contributed by atoms with Crippen molar-refractivity contribution in [1.82, 2.24) is 14.6 Å². The Labute approximate surface area is 105 Å². The van der Waals surface area contributed by atoms with E-state index < -0.39 is 0 Å². The second-order valence-electron chi connectivity index (χ2n) is 4.38. The van der Waals surface area contributed by atoms with Crippen LogP contribution in [-0.2, 0) is 6.42 Å². The maximum absolute atomic E-state index is 9.23. The molecule has 0 unspecified atom stereocenters. The third kappa shape index (κ3) is 2.05. The second kappa shape index (κ2) is 4.14. The van der Waals surface area contributed by atoms with E-state index in [2.05, 4.69) is 10.1 Å². The van der Waals surface area contributed by atoms with Crippen LogP contribution in [0.1, 0.15) is 17.0 Å². The summed E-state index contributed by atoms with van der Waals surface area (Å²) in [5, 5.41) is 13.7. The van der Waals surface area contributed by atoms with Crippen LogP contribution in [0.25, 0.3) is 5.65 Å². The van der Waals surface area contributed by atoms with Gasteiger partial charge in [-0.3, -0.25) is 0 Å². The predicted molar refractivity (Wildman–Crippen MR) is 68.6 cm³/mol. The first kappa shape index (κ1) is 10.8. The average molecular weight is 239 g/mol. The third-order valence-corrected chi connectivity index (χ3v) is 2.82. The van der Waals surface area contributed by atoms with E-state index in [1.165, 1.54) is 0 Å². The summed E-state index contributed by atoms with van der Waals surface area (Å²) in [6.45, 7) is 2.03. The molecule has 3 rings (SSSR count). The summed E-state index contributed by atoms with van der Waals surface area (Å²) in [5.74, 6) is 1.06. The first-order chi connectivity index (χ1) is 8.70. The Morgan fingerprint density at radius 3 is 2.67 bits per heavy atom. The summed E-state index contributed by atoms with van der Waals surface area (Å²) in [4.78, 5) is 4.46. The number of hydrogen-bond acceptors (Lipinski definition) is 3. The molecule has 0 saturated heterocycles. The maximum atomic E-state index is 9.23. The molecule has 2 heterocycles. The summed E-state index contributed by atoms with van der Waals surface area (Å²) in [7, 11) is 0. The van der Waals surface area contributed by atoms with Crippen molar-refractivity contribution >= 4 is 5.65 Å². The topological polar surface area (TPSA) is 50.4 Å². The quantitative estimate of drug-likeness (QED) is 0.746. The van der Waals surface area contributed by atoms with E-state index in [0.29, 0.717) is 6.42 Å². The van der Waals surface area contributed by atoms with Crippen molar-refractivity contribution in [2.45, 2.75) is 13.3 Å². The zero-order valence-corrected chi connectivity index (χ0v) is 10.0. The number of aromatic hydroxyl groups is 1. The molecule has 18 heavy (non-hydrogen) atoms. The molecule has 0 atom stereocenters. The lowest BCUT2D eigenvalue weighted by Crippen LogP contribution is -1.92. The van der Waals surface area contributed by atoms with E-state index in [0.717, 1.165) is 22.6 Å². The Bertz CT molecular complexity index is 686. The minimum absolute atomic E-state index is 0.275. The standard InChI is InChI=1S/C14H13N3O/c1-10-2-7-14-15-13(16-17(14)9-10)8-11-3-5-12(18)6-4-11/h2-7,9,18H,8H2,1H3. The zero-order valence-electron chi connectivity index (χ0n) is 10.0. The molecule has 0 saturated carbocycles. The highest BCUT2D eigenvalue weighted by atomic mass is 16.3. The second-order valence-corrected chi connectivity index (χ2v) is 4.38. The van der Waals surface area contributed by atoms with Crippen molar-refractivity contribution < 1.29 is 5.11 Å². The van der Waals surface area contributed by atoms with Crippen molar-refractivity contribution in [2.24, 2.45) is 0 Å². The average Bonchev–Trinajstić information content (AvgIpc) is 2.73. The van der Waals surface area contributed by atoms with Crippen molar-refractivity contribution in [3.05, 3.63) is 59.5 Å². The van der Waals surface area contributed by atoms with Gasteiger partial charge in [0.15, 0.2) is 11.5 Å². The van der Waals surface area contributed by atoms with Gasteiger partial charge in [-0.05, 0) is 36.2 Å². The summed E-state index contributed by atoms with van der Waals surface area (Å²) >= 11 is 0. The molecule has 4 nitrogen and oxygen atoms in total. The van der Waals surface area contributed by atoms with Gasteiger partial charge >= 0.3 is 0 Å². The van der Waals surface area contributed by atoms with E-state index in [4.69, 9.17) is 0 Å². The van der Waals surface area contributed by atoms with Gasteiger partial charge in [-0.1, -0.05) is 18.2 Å². The third-order valence-electron chi connectivity index (χ3n) is 2.82. The van der Waals surface area contributed by atoms with Crippen molar-refractivity contribution in [3.8, 4) is 5.75 Å². The Morgan fingerprint density at radius 2 is 1.89 bits per heavy atom. The Morgan fingerprint density at radius 1 is 1.11 bits per heavy atom. The van der Waals surface area contributed by atoms with Gasteiger partial charge in [-0.15, -0.1) is 0 Å². The molecule has 0 aliphatic heterocycles. The van der Waals surface area contributed by atoms with Gasteiger partial charge < -0.3 is 5.11 Å². The molecular formula is C14H13N3O. The van der Waals surface area contributed by atoms with Crippen LogP contribution in [0, 0.1) is 6.92 Å². The minimum atomic E-state index is 0.275. The summed E-state index contributed by atoms with van der Waals surface area (Å²) < 4.78 is 1.80. The number of phenols is 1. The molecule has 0 fully saturated rings. The molecule has 0 aliphatic carbocycles. The molecule has 1 aromatic carbocycles. The summed E-state index contributed by atoms with van der Waals surface area (Å²) in [6, 6.07) is 11.1. The van der Waals surface area contributed by atoms with Gasteiger partial charge in [0, 0.05) is 12.6 Å². The van der Waals surface area contributed by atoms with Crippen LogP contribution in [-0.4, -0.2) is 19.7 Å². The largest absolute Gasteiger partial charge is 0.508 e. The number of benzene rings is 1. The van der Waals surface area contributed by atoms with Crippen LogP contribution in [0.4, 0.5) is 0 Å². The number of fused-ring (bicyclic) bond motifs is 1. The number of phenolic OH excluding ortho intramolecular Hbond substituents is 1. The van der Waals surface area contributed by atoms with Crippen LogP contribution in [0.15, 0.2) is 42.6 Å². The lowest BCUT2D eigenvalue weighted by atomic mass is 10.1. The van der Waals surface area contributed by atoms with Crippen molar-refractivity contribution in [3.63, 3.8) is 0 Å². The first-order valence-electron chi connectivity index (χ1n) is 5.80. The van der Waals surface area contributed by atoms with Gasteiger partial charge in [0.25, 0.3) is 0 Å². The minimum Gasteiger partial charge on any atom is -0.508 e. The Balaban J connectivity index is 1.92. The van der Waals surface area contributed by atoms with E-state index in [1.54, 1.807) is 16.6 Å². The highest BCUT2D eigenvalue weighted by Crippen LogP contribution is 2.13. The van der Waals surface area contributed by atoms with Gasteiger partial charge in [0.1, 0.15) is 5.75 Å². The van der Waals surface area contributed by atoms with Crippen molar-refractivity contribution in [1.29, 1.82) is 0 Å².